The lowest BCUT2D eigenvalue weighted by Gasteiger charge is -2.07. The van der Waals surface area contributed by atoms with Crippen molar-refractivity contribution < 1.29 is 8.42 Å². The number of benzene rings is 1. The van der Waals surface area contributed by atoms with E-state index >= 15 is 0 Å². The monoisotopic (exact) mass is 313 g/mol. The van der Waals surface area contributed by atoms with Gasteiger partial charge in [0.25, 0.3) is 0 Å². The molecule has 0 aliphatic rings. The Morgan fingerprint density at radius 2 is 2.00 bits per heavy atom. The Balaban J connectivity index is 0.00000196. The molecule has 0 fully saturated rings. The smallest absolute Gasteiger partial charge is 0.190 e. The van der Waals surface area contributed by atoms with Gasteiger partial charge in [-0.05, 0) is 25.1 Å². The van der Waals surface area contributed by atoms with E-state index in [9.17, 15) is 8.42 Å². The van der Waals surface area contributed by atoms with Gasteiger partial charge in [0, 0.05) is 12.7 Å². The van der Waals surface area contributed by atoms with Crippen molar-refractivity contribution in [1.29, 1.82) is 0 Å². The van der Waals surface area contributed by atoms with E-state index in [4.69, 9.17) is 0 Å². The van der Waals surface area contributed by atoms with Gasteiger partial charge >= 0.3 is 0 Å². The fraction of sp³-hybridized carbons (Fsp3) is 0.333. The van der Waals surface area contributed by atoms with Gasteiger partial charge < -0.3 is 5.32 Å². The molecule has 0 saturated carbocycles. The minimum absolute atomic E-state index is 0. The maximum Gasteiger partial charge on any atom is 0.190 e. The first-order chi connectivity index (χ1) is 6.48. The Morgan fingerprint density at radius 3 is 2.47 bits per heavy atom. The van der Waals surface area contributed by atoms with Gasteiger partial charge in [-0.1, -0.05) is 22.0 Å². The molecule has 0 heterocycles. The van der Waals surface area contributed by atoms with E-state index in [0.717, 1.165) is 5.69 Å². The number of anilines is 1. The van der Waals surface area contributed by atoms with Crippen LogP contribution in [0.25, 0.3) is 0 Å². The van der Waals surface area contributed by atoms with Crippen molar-refractivity contribution in [2.45, 2.75) is 16.0 Å². The summed E-state index contributed by atoms with van der Waals surface area (Å²) in [6.07, 6.45) is 0. The maximum absolute atomic E-state index is 11.7. The lowest BCUT2D eigenvalue weighted by Crippen LogP contribution is -2.11. The SMILES string of the molecule is CNc1cccc(S(=O)(=O)C(C)Br)c1.Cl. The van der Waals surface area contributed by atoms with E-state index in [-0.39, 0.29) is 12.4 Å². The Kier molecular flexibility index (Phi) is 5.62. The van der Waals surface area contributed by atoms with E-state index in [1.807, 2.05) is 6.07 Å². The molecule has 0 amide bonds. The average molecular weight is 315 g/mol. The van der Waals surface area contributed by atoms with Gasteiger partial charge in [-0.25, -0.2) is 8.42 Å². The first-order valence-corrected chi connectivity index (χ1v) is 6.60. The number of sulfone groups is 1. The standard InChI is InChI=1S/C9H12BrNO2S.ClH/c1-7(10)14(12,13)9-5-3-4-8(6-9)11-2;/h3-7,11H,1-2H3;1H. The zero-order valence-electron chi connectivity index (χ0n) is 8.40. The van der Waals surface area contributed by atoms with Gasteiger partial charge in [0.05, 0.1) is 4.90 Å². The second kappa shape index (κ2) is 5.72. The molecule has 1 aromatic rings. The summed E-state index contributed by atoms with van der Waals surface area (Å²) >= 11 is 3.07. The van der Waals surface area contributed by atoms with Crippen LogP contribution in [0.4, 0.5) is 5.69 Å². The van der Waals surface area contributed by atoms with Crippen LogP contribution in [0.2, 0.25) is 0 Å². The summed E-state index contributed by atoms with van der Waals surface area (Å²) in [5, 5.41) is 2.90. The molecule has 0 aromatic heterocycles. The van der Waals surface area contributed by atoms with Gasteiger partial charge in [0.15, 0.2) is 9.84 Å². The Bertz CT molecular complexity index is 420. The molecule has 15 heavy (non-hydrogen) atoms. The second-order valence-corrected chi connectivity index (χ2v) is 7.11. The van der Waals surface area contributed by atoms with E-state index in [0.29, 0.717) is 4.90 Å². The molecule has 0 spiro atoms. The highest BCUT2D eigenvalue weighted by atomic mass is 79.9. The Labute approximate surface area is 105 Å². The van der Waals surface area contributed by atoms with Crippen LogP contribution in [0.5, 0.6) is 0 Å². The molecular weight excluding hydrogens is 302 g/mol. The van der Waals surface area contributed by atoms with Crippen molar-refractivity contribution >= 4 is 43.9 Å². The molecule has 1 rings (SSSR count). The van der Waals surface area contributed by atoms with Crippen molar-refractivity contribution in [2.24, 2.45) is 0 Å². The summed E-state index contributed by atoms with van der Waals surface area (Å²) in [6, 6.07) is 6.74. The van der Waals surface area contributed by atoms with Crippen molar-refractivity contribution in [1.82, 2.24) is 0 Å². The van der Waals surface area contributed by atoms with Crippen LogP contribution in [-0.2, 0) is 9.84 Å². The predicted molar refractivity (Wildman–Crippen MR) is 68.8 cm³/mol. The van der Waals surface area contributed by atoms with Gasteiger partial charge in [-0.2, -0.15) is 0 Å². The largest absolute Gasteiger partial charge is 0.388 e. The van der Waals surface area contributed by atoms with Gasteiger partial charge in [-0.15, -0.1) is 12.4 Å². The molecule has 0 radical (unpaired) electrons. The van der Waals surface area contributed by atoms with Crippen LogP contribution in [-0.4, -0.2) is 19.6 Å². The first kappa shape index (κ1) is 14.7. The minimum Gasteiger partial charge on any atom is -0.388 e. The number of rotatable bonds is 3. The molecule has 1 aromatic carbocycles. The molecule has 1 unspecified atom stereocenters. The quantitative estimate of drug-likeness (QED) is 0.873. The number of hydrogen-bond acceptors (Lipinski definition) is 3. The Morgan fingerprint density at radius 1 is 1.40 bits per heavy atom. The van der Waals surface area contributed by atoms with Crippen molar-refractivity contribution in [3.63, 3.8) is 0 Å². The van der Waals surface area contributed by atoms with Crippen molar-refractivity contribution in [3.8, 4) is 0 Å². The summed E-state index contributed by atoms with van der Waals surface area (Å²) < 4.78 is 22.9. The zero-order valence-corrected chi connectivity index (χ0v) is 11.6. The molecule has 1 atom stereocenters. The van der Waals surface area contributed by atoms with E-state index in [1.165, 1.54) is 0 Å². The minimum atomic E-state index is -3.23. The molecule has 0 aliphatic heterocycles. The summed E-state index contributed by atoms with van der Waals surface area (Å²) in [4.78, 5) is 0.328. The van der Waals surface area contributed by atoms with Gasteiger partial charge in [-0.3, -0.25) is 0 Å². The van der Waals surface area contributed by atoms with E-state index in [1.54, 1.807) is 32.2 Å². The van der Waals surface area contributed by atoms with Crippen LogP contribution in [0, 0.1) is 0 Å². The van der Waals surface area contributed by atoms with E-state index < -0.39 is 14.0 Å². The summed E-state index contributed by atoms with van der Waals surface area (Å²) in [7, 11) is -1.48. The lowest BCUT2D eigenvalue weighted by atomic mass is 10.3. The molecule has 0 bridgehead atoms. The normalized spacial score (nSPS) is 12.7. The third-order valence-corrected chi connectivity index (χ3v) is 5.12. The number of halogens is 2. The molecule has 86 valence electrons. The second-order valence-electron chi connectivity index (χ2n) is 2.87. The summed E-state index contributed by atoms with van der Waals surface area (Å²) in [5.41, 5.74) is 0.791. The summed E-state index contributed by atoms with van der Waals surface area (Å²) in [5.74, 6) is 0. The third-order valence-electron chi connectivity index (χ3n) is 1.88. The van der Waals surface area contributed by atoms with Crippen LogP contribution in [0.1, 0.15) is 6.92 Å². The van der Waals surface area contributed by atoms with Crippen molar-refractivity contribution in [2.75, 3.05) is 12.4 Å². The van der Waals surface area contributed by atoms with Crippen LogP contribution in [0.3, 0.4) is 0 Å². The topological polar surface area (TPSA) is 46.2 Å². The molecule has 3 nitrogen and oxygen atoms in total. The number of hydrogen-bond donors (Lipinski definition) is 1. The van der Waals surface area contributed by atoms with Gasteiger partial charge in [0.1, 0.15) is 4.16 Å². The van der Waals surface area contributed by atoms with Crippen molar-refractivity contribution in [3.05, 3.63) is 24.3 Å². The predicted octanol–water partition coefficient (Wildman–Crippen LogP) is 2.66. The highest BCUT2D eigenvalue weighted by molar-refractivity contribution is 9.11. The van der Waals surface area contributed by atoms with Crippen LogP contribution < -0.4 is 5.32 Å². The lowest BCUT2D eigenvalue weighted by molar-refractivity contribution is 0.595. The highest BCUT2D eigenvalue weighted by Gasteiger charge is 2.20. The average Bonchev–Trinajstić information content (AvgIpc) is 2.17. The van der Waals surface area contributed by atoms with Gasteiger partial charge in [0.2, 0.25) is 0 Å². The van der Waals surface area contributed by atoms with Crippen LogP contribution >= 0.6 is 28.3 Å². The molecular formula is C9H13BrClNO2S. The fourth-order valence-electron chi connectivity index (χ4n) is 1.02. The highest BCUT2D eigenvalue weighted by Crippen LogP contribution is 2.22. The Hall–Kier alpha value is -0.260. The zero-order chi connectivity index (χ0) is 10.8. The maximum atomic E-state index is 11.7. The first-order valence-electron chi connectivity index (χ1n) is 4.14. The number of alkyl halides is 1. The van der Waals surface area contributed by atoms with E-state index in [2.05, 4.69) is 21.2 Å². The summed E-state index contributed by atoms with van der Waals surface area (Å²) in [6.45, 7) is 1.60. The molecule has 1 N–H and O–H groups in total. The van der Waals surface area contributed by atoms with Crippen LogP contribution in [0.15, 0.2) is 29.2 Å². The molecule has 0 saturated heterocycles. The third kappa shape index (κ3) is 3.36. The number of nitrogens with one attached hydrogen (secondary N) is 1. The fourth-order valence-corrected chi connectivity index (χ4v) is 2.60. The molecule has 6 heteroatoms. The molecule has 0 aliphatic carbocycles.